The topological polar surface area (TPSA) is 92.1 Å². The number of unbranched alkanes of at least 4 members (excludes halogenated alkanes) is 2. The fraction of sp³-hybridized carbons (Fsp3) is 1.00. The molecule has 0 aromatic carbocycles. The van der Waals surface area contributed by atoms with Crippen molar-refractivity contribution >= 4 is 10.1 Å². The molecule has 0 aliphatic rings. The summed E-state index contributed by atoms with van der Waals surface area (Å²) in [5.74, 6) is 0. The highest BCUT2D eigenvalue weighted by Crippen LogP contribution is 1.98. The predicted molar refractivity (Wildman–Crippen MR) is 48.7 cm³/mol. The SMILES string of the molecule is CS(=O)(=O)OCCCCCN=[N+]=[N-]. The van der Waals surface area contributed by atoms with Crippen LogP contribution in [0.5, 0.6) is 0 Å². The zero-order valence-electron chi connectivity index (χ0n) is 7.51. The minimum Gasteiger partial charge on any atom is -0.270 e. The average molecular weight is 207 g/mol. The van der Waals surface area contributed by atoms with E-state index in [0.29, 0.717) is 13.0 Å². The minimum atomic E-state index is -3.30. The Balaban J connectivity index is 3.22. The molecule has 0 spiro atoms. The molecule has 0 atom stereocenters. The second-order valence-electron chi connectivity index (χ2n) is 2.54. The highest BCUT2D eigenvalue weighted by molar-refractivity contribution is 7.85. The number of hydrogen-bond donors (Lipinski definition) is 0. The minimum absolute atomic E-state index is 0.203. The molecule has 13 heavy (non-hydrogen) atoms. The Hall–Kier alpha value is -0.780. The van der Waals surface area contributed by atoms with Crippen LogP contribution in [-0.2, 0) is 14.3 Å². The fourth-order valence-electron chi connectivity index (χ4n) is 0.716. The van der Waals surface area contributed by atoms with Crippen LogP contribution in [-0.4, -0.2) is 27.8 Å². The van der Waals surface area contributed by atoms with Gasteiger partial charge in [0.2, 0.25) is 0 Å². The lowest BCUT2D eigenvalue weighted by Crippen LogP contribution is -2.03. The lowest BCUT2D eigenvalue weighted by Gasteiger charge is -1.99. The predicted octanol–water partition coefficient (Wildman–Crippen LogP) is 1.44. The summed E-state index contributed by atoms with van der Waals surface area (Å²) in [6, 6.07) is 0. The van der Waals surface area contributed by atoms with Crippen LogP contribution in [0, 0.1) is 0 Å². The van der Waals surface area contributed by atoms with E-state index in [-0.39, 0.29) is 6.61 Å². The molecule has 0 heterocycles. The molecule has 0 radical (unpaired) electrons. The van der Waals surface area contributed by atoms with Crippen molar-refractivity contribution in [2.24, 2.45) is 5.11 Å². The molecular formula is C6H13N3O3S. The van der Waals surface area contributed by atoms with E-state index >= 15 is 0 Å². The first kappa shape index (κ1) is 12.2. The van der Waals surface area contributed by atoms with Crippen molar-refractivity contribution in [1.82, 2.24) is 0 Å². The molecule has 76 valence electrons. The first-order valence-electron chi connectivity index (χ1n) is 3.91. The van der Waals surface area contributed by atoms with Gasteiger partial charge in [-0.15, -0.1) is 0 Å². The van der Waals surface area contributed by atoms with E-state index in [0.717, 1.165) is 19.1 Å². The third kappa shape index (κ3) is 11.2. The van der Waals surface area contributed by atoms with Gasteiger partial charge in [-0.25, -0.2) is 0 Å². The Labute approximate surface area is 77.6 Å². The molecule has 0 aliphatic heterocycles. The van der Waals surface area contributed by atoms with E-state index in [1.165, 1.54) is 0 Å². The summed E-state index contributed by atoms with van der Waals surface area (Å²) in [6.45, 7) is 0.657. The third-order valence-corrected chi connectivity index (χ3v) is 1.86. The fourth-order valence-corrected chi connectivity index (χ4v) is 1.14. The zero-order chi connectivity index (χ0) is 10.2. The third-order valence-electron chi connectivity index (χ3n) is 1.26. The zero-order valence-corrected chi connectivity index (χ0v) is 8.33. The van der Waals surface area contributed by atoms with Crippen molar-refractivity contribution in [3.63, 3.8) is 0 Å². The molecule has 0 N–H and O–H groups in total. The highest BCUT2D eigenvalue weighted by Gasteiger charge is 1.99. The quantitative estimate of drug-likeness (QED) is 0.208. The molecule has 0 saturated carbocycles. The van der Waals surface area contributed by atoms with E-state index < -0.39 is 10.1 Å². The molecule has 0 rings (SSSR count). The van der Waals surface area contributed by atoms with Gasteiger partial charge in [0.25, 0.3) is 10.1 Å². The van der Waals surface area contributed by atoms with Gasteiger partial charge in [-0.3, -0.25) is 4.18 Å². The van der Waals surface area contributed by atoms with Crippen LogP contribution in [0.15, 0.2) is 5.11 Å². The molecule has 6 nitrogen and oxygen atoms in total. The lowest BCUT2D eigenvalue weighted by molar-refractivity contribution is 0.311. The van der Waals surface area contributed by atoms with E-state index in [1.807, 2.05) is 0 Å². The molecule has 0 bridgehead atoms. The van der Waals surface area contributed by atoms with Crippen LogP contribution in [0.1, 0.15) is 19.3 Å². The van der Waals surface area contributed by atoms with E-state index in [2.05, 4.69) is 14.2 Å². The summed E-state index contributed by atoms with van der Waals surface area (Å²) in [7, 11) is -3.30. The molecule has 0 aliphatic carbocycles. The Kier molecular flexibility index (Phi) is 6.30. The van der Waals surface area contributed by atoms with Crippen LogP contribution in [0.4, 0.5) is 0 Å². The van der Waals surface area contributed by atoms with Gasteiger partial charge in [0.15, 0.2) is 0 Å². The van der Waals surface area contributed by atoms with E-state index in [1.54, 1.807) is 0 Å². The summed E-state index contributed by atoms with van der Waals surface area (Å²) in [5, 5.41) is 3.34. The number of nitrogens with zero attached hydrogens (tertiary/aromatic N) is 3. The summed E-state index contributed by atoms with van der Waals surface area (Å²) in [4.78, 5) is 2.59. The van der Waals surface area contributed by atoms with Crippen molar-refractivity contribution < 1.29 is 12.6 Å². The first-order chi connectivity index (χ1) is 6.06. The van der Waals surface area contributed by atoms with Crippen LogP contribution in [0.25, 0.3) is 10.4 Å². The lowest BCUT2D eigenvalue weighted by atomic mass is 10.2. The van der Waals surface area contributed by atoms with Gasteiger partial charge in [-0.05, 0) is 18.4 Å². The Morgan fingerprint density at radius 3 is 2.62 bits per heavy atom. The highest BCUT2D eigenvalue weighted by atomic mass is 32.2. The van der Waals surface area contributed by atoms with Gasteiger partial charge < -0.3 is 0 Å². The van der Waals surface area contributed by atoms with Gasteiger partial charge in [0.1, 0.15) is 0 Å². The number of rotatable bonds is 7. The van der Waals surface area contributed by atoms with Crippen molar-refractivity contribution in [3.8, 4) is 0 Å². The van der Waals surface area contributed by atoms with Crippen molar-refractivity contribution in [2.45, 2.75) is 19.3 Å². The normalized spacial score (nSPS) is 10.8. The standard InChI is InChI=1S/C6H13N3O3S/c1-13(10,11)12-6-4-2-3-5-8-9-7/h2-6H2,1H3. The molecular weight excluding hydrogens is 194 g/mol. The Morgan fingerprint density at radius 2 is 2.08 bits per heavy atom. The van der Waals surface area contributed by atoms with Crippen LogP contribution < -0.4 is 0 Å². The van der Waals surface area contributed by atoms with Crippen LogP contribution in [0.2, 0.25) is 0 Å². The second-order valence-corrected chi connectivity index (χ2v) is 4.19. The van der Waals surface area contributed by atoms with Gasteiger partial charge in [-0.2, -0.15) is 8.42 Å². The van der Waals surface area contributed by atoms with Crippen molar-refractivity contribution in [1.29, 1.82) is 0 Å². The maximum Gasteiger partial charge on any atom is 0.264 e. The van der Waals surface area contributed by atoms with Crippen molar-refractivity contribution in [3.05, 3.63) is 10.4 Å². The van der Waals surface area contributed by atoms with Gasteiger partial charge in [0.05, 0.1) is 12.9 Å². The van der Waals surface area contributed by atoms with Crippen LogP contribution in [0.3, 0.4) is 0 Å². The van der Waals surface area contributed by atoms with E-state index in [9.17, 15) is 8.42 Å². The summed E-state index contributed by atoms with van der Waals surface area (Å²) in [5.41, 5.74) is 7.93. The van der Waals surface area contributed by atoms with Crippen molar-refractivity contribution in [2.75, 3.05) is 19.4 Å². The molecule has 0 aromatic rings. The summed E-state index contributed by atoms with van der Waals surface area (Å²) in [6.07, 6.45) is 3.24. The van der Waals surface area contributed by atoms with Gasteiger partial charge in [-0.1, -0.05) is 11.5 Å². The second kappa shape index (κ2) is 6.71. The summed E-state index contributed by atoms with van der Waals surface area (Å²) >= 11 is 0. The molecule has 0 fully saturated rings. The summed E-state index contributed by atoms with van der Waals surface area (Å²) < 4.78 is 25.5. The first-order valence-corrected chi connectivity index (χ1v) is 5.73. The molecule has 0 amide bonds. The Morgan fingerprint density at radius 1 is 1.38 bits per heavy atom. The van der Waals surface area contributed by atoms with Gasteiger partial charge >= 0.3 is 0 Å². The largest absolute Gasteiger partial charge is 0.270 e. The molecule has 0 saturated heterocycles. The monoisotopic (exact) mass is 207 g/mol. The Bertz CT molecular complexity index is 269. The molecule has 0 aromatic heterocycles. The number of azide groups is 1. The van der Waals surface area contributed by atoms with Gasteiger partial charge in [0, 0.05) is 11.5 Å². The number of hydrogen-bond acceptors (Lipinski definition) is 4. The van der Waals surface area contributed by atoms with Crippen LogP contribution >= 0.6 is 0 Å². The molecule has 0 unspecified atom stereocenters. The molecule has 7 heteroatoms. The maximum atomic E-state index is 10.5. The smallest absolute Gasteiger partial charge is 0.264 e. The average Bonchev–Trinajstić information content (AvgIpc) is 2.01. The maximum absolute atomic E-state index is 10.5. The van der Waals surface area contributed by atoms with E-state index in [4.69, 9.17) is 5.53 Å².